The number of epoxide rings is 1. The van der Waals surface area contributed by atoms with Crippen LogP contribution in [0.5, 0.6) is 0 Å². The Kier molecular flexibility index (Phi) is 1.76. The molecular weight excluding hydrogens is 172 g/mol. The highest BCUT2D eigenvalue weighted by molar-refractivity contribution is 6.03. The number of carbonyl (C=O) groups excluding carboxylic acids is 2. The summed E-state index contributed by atoms with van der Waals surface area (Å²) in [5, 5.41) is 0. The standard InChI is InChI=1S/C8H12N2O3/c1-5-7(11)10(3-6-4-13-6)8(12)9(5)2/h5-6H,3-4H2,1-2H3. The fraction of sp³-hybridized carbons (Fsp3) is 0.750. The van der Waals surface area contributed by atoms with Crippen LogP contribution in [0.4, 0.5) is 4.79 Å². The van der Waals surface area contributed by atoms with Crippen LogP contribution in [0.1, 0.15) is 6.92 Å². The minimum Gasteiger partial charge on any atom is -0.371 e. The lowest BCUT2D eigenvalue weighted by atomic mass is 10.3. The van der Waals surface area contributed by atoms with E-state index < -0.39 is 0 Å². The molecule has 3 amide bonds. The molecule has 2 heterocycles. The normalized spacial score (nSPS) is 33.1. The quantitative estimate of drug-likeness (QED) is 0.436. The lowest BCUT2D eigenvalue weighted by Crippen LogP contribution is -2.34. The number of nitrogens with zero attached hydrogens (tertiary/aromatic N) is 2. The third-order valence-electron chi connectivity index (χ3n) is 2.53. The summed E-state index contributed by atoms with van der Waals surface area (Å²) in [6.45, 7) is 2.80. The van der Waals surface area contributed by atoms with Crippen LogP contribution >= 0.6 is 0 Å². The molecule has 0 aromatic heterocycles. The van der Waals surface area contributed by atoms with Gasteiger partial charge >= 0.3 is 6.03 Å². The third-order valence-corrected chi connectivity index (χ3v) is 2.53. The molecule has 2 fully saturated rings. The highest BCUT2D eigenvalue weighted by atomic mass is 16.6. The number of hydrogen-bond acceptors (Lipinski definition) is 3. The van der Waals surface area contributed by atoms with Crippen LogP contribution in [0.2, 0.25) is 0 Å². The van der Waals surface area contributed by atoms with E-state index in [1.807, 2.05) is 0 Å². The van der Waals surface area contributed by atoms with Crippen LogP contribution in [0.25, 0.3) is 0 Å². The van der Waals surface area contributed by atoms with Crippen molar-refractivity contribution in [3.8, 4) is 0 Å². The summed E-state index contributed by atoms with van der Waals surface area (Å²) in [5.74, 6) is -0.122. The molecule has 2 aliphatic heterocycles. The molecule has 5 nitrogen and oxygen atoms in total. The molecule has 0 radical (unpaired) electrons. The van der Waals surface area contributed by atoms with Gasteiger partial charge in [-0.05, 0) is 6.92 Å². The van der Waals surface area contributed by atoms with Gasteiger partial charge in [0, 0.05) is 7.05 Å². The van der Waals surface area contributed by atoms with Gasteiger partial charge in [0.05, 0.1) is 19.3 Å². The minimum atomic E-state index is -0.328. The first-order valence-electron chi connectivity index (χ1n) is 4.31. The Hall–Kier alpha value is -1.10. The zero-order valence-electron chi connectivity index (χ0n) is 7.69. The Labute approximate surface area is 76.2 Å². The van der Waals surface area contributed by atoms with Gasteiger partial charge in [-0.2, -0.15) is 0 Å². The molecular formula is C8H12N2O3. The van der Waals surface area contributed by atoms with Crippen LogP contribution in [0.15, 0.2) is 0 Å². The molecule has 0 aliphatic carbocycles. The molecule has 2 rings (SSSR count). The summed E-state index contributed by atoms with van der Waals surface area (Å²) >= 11 is 0. The van der Waals surface area contributed by atoms with Gasteiger partial charge < -0.3 is 9.64 Å². The summed E-state index contributed by atoms with van der Waals surface area (Å²) in [6.07, 6.45) is 0.0756. The van der Waals surface area contributed by atoms with Crippen LogP contribution in [-0.4, -0.2) is 54.1 Å². The van der Waals surface area contributed by atoms with Crippen molar-refractivity contribution in [1.29, 1.82) is 0 Å². The summed E-state index contributed by atoms with van der Waals surface area (Å²) in [6, 6.07) is -0.542. The van der Waals surface area contributed by atoms with Gasteiger partial charge in [-0.3, -0.25) is 9.69 Å². The van der Waals surface area contributed by atoms with Crippen LogP contribution in [0, 0.1) is 0 Å². The number of hydrogen-bond donors (Lipinski definition) is 0. The third kappa shape index (κ3) is 1.29. The lowest BCUT2D eigenvalue weighted by molar-refractivity contribution is -0.127. The van der Waals surface area contributed by atoms with Gasteiger partial charge in [0.1, 0.15) is 6.04 Å². The van der Waals surface area contributed by atoms with Crippen molar-refractivity contribution in [3.63, 3.8) is 0 Å². The van der Waals surface area contributed by atoms with E-state index >= 15 is 0 Å². The van der Waals surface area contributed by atoms with E-state index in [1.165, 1.54) is 9.80 Å². The molecule has 0 N–H and O–H groups in total. The first-order valence-corrected chi connectivity index (χ1v) is 4.31. The molecule has 0 bridgehead atoms. The molecule has 72 valence electrons. The zero-order valence-corrected chi connectivity index (χ0v) is 7.69. The molecule has 2 aliphatic rings. The smallest absolute Gasteiger partial charge is 0.327 e. The van der Waals surface area contributed by atoms with E-state index in [-0.39, 0.29) is 24.1 Å². The molecule has 2 atom stereocenters. The van der Waals surface area contributed by atoms with Crippen molar-refractivity contribution < 1.29 is 14.3 Å². The van der Waals surface area contributed by atoms with E-state index in [0.29, 0.717) is 13.2 Å². The van der Waals surface area contributed by atoms with E-state index in [0.717, 1.165) is 0 Å². The van der Waals surface area contributed by atoms with E-state index in [1.54, 1.807) is 14.0 Å². The molecule has 0 saturated carbocycles. The van der Waals surface area contributed by atoms with Gasteiger partial charge in [-0.1, -0.05) is 0 Å². The highest BCUT2D eigenvalue weighted by Gasteiger charge is 2.42. The Morgan fingerprint density at radius 1 is 1.54 bits per heavy atom. The second kappa shape index (κ2) is 2.70. The molecule has 0 aromatic carbocycles. The van der Waals surface area contributed by atoms with Crippen molar-refractivity contribution in [2.24, 2.45) is 0 Å². The largest absolute Gasteiger partial charge is 0.371 e. The maximum absolute atomic E-state index is 11.5. The summed E-state index contributed by atoms with van der Waals surface area (Å²) in [5.41, 5.74) is 0. The van der Waals surface area contributed by atoms with Gasteiger partial charge in [0.25, 0.3) is 5.91 Å². The van der Waals surface area contributed by atoms with Crippen LogP contribution in [-0.2, 0) is 9.53 Å². The second-order valence-corrected chi connectivity index (χ2v) is 3.47. The van der Waals surface area contributed by atoms with Crippen molar-refractivity contribution in [2.45, 2.75) is 19.1 Å². The summed E-state index contributed by atoms with van der Waals surface area (Å²) in [7, 11) is 1.64. The number of ether oxygens (including phenoxy) is 1. The number of imide groups is 1. The SMILES string of the molecule is CC1C(=O)N(CC2CO2)C(=O)N1C. The maximum atomic E-state index is 11.5. The van der Waals surface area contributed by atoms with E-state index in [9.17, 15) is 9.59 Å². The molecule has 2 unspecified atom stereocenters. The first kappa shape index (κ1) is 8.50. The van der Waals surface area contributed by atoms with Gasteiger partial charge in [-0.25, -0.2) is 4.79 Å². The van der Waals surface area contributed by atoms with Gasteiger partial charge in [-0.15, -0.1) is 0 Å². The number of likely N-dealkylation sites (N-methyl/N-ethyl adjacent to an activating group) is 1. The van der Waals surface area contributed by atoms with Crippen LogP contribution < -0.4 is 0 Å². The zero-order chi connectivity index (χ0) is 9.59. The Bertz CT molecular complexity index is 242. The summed E-state index contributed by atoms with van der Waals surface area (Å²) < 4.78 is 4.97. The Balaban J connectivity index is 2.08. The van der Waals surface area contributed by atoms with Gasteiger partial charge in [0.2, 0.25) is 0 Å². The summed E-state index contributed by atoms with van der Waals surface area (Å²) in [4.78, 5) is 25.7. The molecule has 0 aromatic rings. The lowest BCUT2D eigenvalue weighted by Gasteiger charge is -2.12. The minimum absolute atomic E-state index is 0.0756. The average Bonchev–Trinajstić information content (AvgIpc) is 2.89. The van der Waals surface area contributed by atoms with Crippen molar-refractivity contribution in [3.05, 3.63) is 0 Å². The highest BCUT2D eigenvalue weighted by Crippen LogP contribution is 2.19. The number of rotatable bonds is 2. The second-order valence-electron chi connectivity index (χ2n) is 3.47. The first-order chi connectivity index (χ1) is 6.11. The predicted molar refractivity (Wildman–Crippen MR) is 44.1 cm³/mol. The molecule has 13 heavy (non-hydrogen) atoms. The van der Waals surface area contributed by atoms with Crippen LogP contribution in [0.3, 0.4) is 0 Å². The van der Waals surface area contributed by atoms with E-state index in [2.05, 4.69) is 0 Å². The Morgan fingerprint density at radius 2 is 2.15 bits per heavy atom. The van der Waals surface area contributed by atoms with Crippen molar-refractivity contribution >= 4 is 11.9 Å². The van der Waals surface area contributed by atoms with E-state index in [4.69, 9.17) is 4.74 Å². The molecule has 5 heteroatoms. The average molecular weight is 184 g/mol. The topological polar surface area (TPSA) is 53.2 Å². The van der Waals surface area contributed by atoms with Crippen molar-refractivity contribution in [2.75, 3.05) is 20.2 Å². The fourth-order valence-electron chi connectivity index (χ4n) is 1.39. The monoisotopic (exact) mass is 184 g/mol. The number of urea groups is 1. The fourth-order valence-corrected chi connectivity index (χ4v) is 1.39. The molecule has 2 saturated heterocycles. The molecule has 0 spiro atoms. The van der Waals surface area contributed by atoms with Crippen molar-refractivity contribution in [1.82, 2.24) is 9.80 Å². The number of amides is 3. The number of carbonyl (C=O) groups is 2. The van der Waals surface area contributed by atoms with Gasteiger partial charge in [0.15, 0.2) is 0 Å². The Morgan fingerprint density at radius 3 is 2.54 bits per heavy atom. The maximum Gasteiger partial charge on any atom is 0.327 e. The predicted octanol–water partition coefficient (Wildman–Crippen LogP) is -0.332.